The van der Waals surface area contributed by atoms with Gasteiger partial charge in [0.2, 0.25) is 5.91 Å². The first kappa shape index (κ1) is 14.1. The first-order valence-corrected chi connectivity index (χ1v) is 6.50. The second-order valence-corrected chi connectivity index (χ2v) is 4.71. The van der Waals surface area contributed by atoms with Gasteiger partial charge in [-0.1, -0.05) is 12.1 Å². The smallest absolute Gasteiger partial charge is 0.224 e. The summed E-state index contributed by atoms with van der Waals surface area (Å²) < 4.78 is 1.56. The zero-order chi connectivity index (χ0) is 14.4. The predicted octanol–water partition coefficient (Wildman–Crippen LogP) is 0.0583. The standard InChI is InChI=1S/C13H18N6O/c1-10(14)6-7-15-13(20)8-11-2-4-12(5-3-11)19-9-16-17-18-19/h2-5,9-10H,6-8,14H2,1H3,(H,15,20). The van der Waals surface area contributed by atoms with Gasteiger partial charge in [-0.2, -0.15) is 0 Å². The van der Waals surface area contributed by atoms with Gasteiger partial charge in [0.25, 0.3) is 0 Å². The highest BCUT2D eigenvalue weighted by atomic mass is 16.1. The van der Waals surface area contributed by atoms with E-state index in [9.17, 15) is 4.79 Å². The molecule has 3 N–H and O–H groups in total. The average molecular weight is 274 g/mol. The summed E-state index contributed by atoms with van der Waals surface area (Å²) in [7, 11) is 0. The topological polar surface area (TPSA) is 98.7 Å². The summed E-state index contributed by atoms with van der Waals surface area (Å²) >= 11 is 0. The first-order valence-electron chi connectivity index (χ1n) is 6.50. The van der Waals surface area contributed by atoms with Crippen molar-refractivity contribution in [1.29, 1.82) is 0 Å². The van der Waals surface area contributed by atoms with E-state index in [0.717, 1.165) is 17.7 Å². The van der Waals surface area contributed by atoms with Gasteiger partial charge in [0, 0.05) is 12.6 Å². The minimum atomic E-state index is 0.000762. The lowest BCUT2D eigenvalue weighted by atomic mass is 10.1. The number of carbonyl (C=O) groups is 1. The number of rotatable bonds is 6. The van der Waals surface area contributed by atoms with Crippen molar-refractivity contribution in [3.63, 3.8) is 0 Å². The molecule has 1 heterocycles. The number of hydrogen-bond donors (Lipinski definition) is 2. The van der Waals surface area contributed by atoms with Gasteiger partial charge in [-0.05, 0) is 41.5 Å². The molecule has 0 radical (unpaired) electrons. The number of carbonyl (C=O) groups excluding carboxylic acids is 1. The molecule has 0 saturated heterocycles. The number of benzene rings is 1. The molecular weight excluding hydrogens is 256 g/mol. The molecular formula is C13H18N6O. The van der Waals surface area contributed by atoms with E-state index < -0.39 is 0 Å². The Hall–Kier alpha value is -2.28. The van der Waals surface area contributed by atoms with E-state index in [1.54, 1.807) is 4.68 Å². The Morgan fingerprint density at radius 3 is 2.75 bits per heavy atom. The highest BCUT2D eigenvalue weighted by Crippen LogP contribution is 2.08. The normalized spacial score (nSPS) is 12.1. The van der Waals surface area contributed by atoms with Gasteiger partial charge >= 0.3 is 0 Å². The predicted molar refractivity (Wildman–Crippen MR) is 74.1 cm³/mol. The van der Waals surface area contributed by atoms with Crippen molar-refractivity contribution in [1.82, 2.24) is 25.5 Å². The molecule has 1 amide bonds. The van der Waals surface area contributed by atoms with Gasteiger partial charge in [0.15, 0.2) is 0 Å². The van der Waals surface area contributed by atoms with Crippen LogP contribution in [0.3, 0.4) is 0 Å². The maximum Gasteiger partial charge on any atom is 0.224 e. The van der Waals surface area contributed by atoms with Gasteiger partial charge < -0.3 is 11.1 Å². The zero-order valence-electron chi connectivity index (χ0n) is 11.4. The van der Waals surface area contributed by atoms with Crippen molar-refractivity contribution in [3.8, 4) is 5.69 Å². The lowest BCUT2D eigenvalue weighted by Crippen LogP contribution is -2.29. The largest absolute Gasteiger partial charge is 0.356 e. The molecule has 7 heteroatoms. The van der Waals surface area contributed by atoms with Crippen LogP contribution in [0.2, 0.25) is 0 Å². The van der Waals surface area contributed by atoms with Crippen LogP contribution in [-0.2, 0) is 11.2 Å². The molecule has 0 saturated carbocycles. The SMILES string of the molecule is CC(N)CCNC(=O)Cc1ccc(-n2cnnn2)cc1. The second kappa shape index (κ2) is 6.76. The number of aromatic nitrogens is 4. The summed E-state index contributed by atoms with van der Waals surface area (Å²) in [4.78, 5) is 11.7. The molecule has 106 valence electrons. The third-order valence-electron chi connectivity index (χ3n) is 2.84. The van der Waals surface area contributed by atoms with Gasteiger partial charge in [-0.15, -0.1) is 5.10 Å². The molecule has 0 bridgehead atoms. The Morgan fingerprint density at radius 1 is 1.40 bits per heavy atom. The van der Waals surface area contributed by atoms with Crippen LogP contribution in [-0.4, -0.2) is 38.7 Å². The monoisotopic (exact) mass is 274 g/mol. The van der Waals surface area contributed by atoms with Crippen LogP contribution in [0.1, 0.15) is 18.9 Å². The summed E-state index contributed by atoms with van der Waals surface area (Å²) in [5, 5.41) is 13.8. The molecule has 2 rings (SSSR count). The number of tetrazole rings is 1. The molecule has 0 fully saturated rings. The van der Waals surface area contributed by atoms with E-state index in [2.05, 4.69) is 20.8 Å². The van der Waals surface area contributed by atoms with Gasteiger partial charge in [0.05, 0.1) is 12.1 Å². The van der Waals surface area contributed by atoms with E-state index in [1.165, 1.54) is 6.33 Å². The molecule has 1 unspecified atom stereocenters. The fourth-order valence-electron chi connectivity index (χ4n) is 1.73. The molecule has 7 nitrogen and oxygen atoms in total. The Kier molecular flexibility index (Phi) is 4.78. The average Bonchev–Trinajstić information content (AvgIpc) is 2.93. The van der Waals surface area contributed by atoms with E-state index in [-0.39, 0.29) is 11.9 Å². The van der Waals surface area contributed by atoms with E-state index in [4.69, 9.17) is 5.73 Å². The number of nitrogens with zero attached hydrogens (tertiary/aromatic N) is 4. The van der Waals surface area contributed by atoms with Gasteiger partial charge in [-0.3, -0.25) is 4.79 Å². The van der Waals surface area contributed by atoms with Crippen molar-refractivity contribution in [3.05, 3.63) is 36.2 Å². The molecule has 0 aliphatic rings. The van der Waals surface area contributed by atoms with E-state index in [0.29, 0.717) is 13.0 Å². The van der Waals surface area contributed by atoms with E-state index in [1.807, 2.05) is 31.2 Å². The third-order valence-corrected chi connectivity index (χ3v) is 2.84. The van der Waals surface area contributed by atoms with E-state index >= 15 is 0 Å². The molecule has 0 aliphatic carbocycles. The molecule has 1 aromatic carbocycles. The van der Waals surface area contributed by atoms with Gasteiger partial charge in [-0.25, -0.2) is 4.68 Å². The van der Waals surface area contributed by atoms with Gasteiger partial charge in [0.1, 0.15) is 6.33 Å². The minimum Gasteiger partial charge on any atom is -0.356 e. The van der Waals surface area contributed by atoms with Crippen LogP contribution < -0.4 is 11.1 Å². The minimum absolute atomic E-state index is 0.000762. The number of nitrogens with two attached hydrogens (primary N) is 1. The van der Waals surface area contributed by atoms with Crippen LogP contribution in [0.15, 0.2) is 30.6 Å². The zero-order valence-corrected chi connectivity index (χ0v) is 11.4. The molecule has 1 atom stereocenters. The quantitative estimate of drug-likeness (QED) is 0.776. The third kappa shape index (κ3) is 4.13. The summed E-state index contributed by atoms with van der Waals surface area (Å²) in [6.07, 6.45) is 2.66. The fraction of sp³-hybridized carbons (Fsp3) is 0.385. The maximum absolute atomic E-state index is 11.7. The highest BCUT2D eigenvalue weighted by molar-refractivity contribution is 5.78. The molecule has 1 aromatic heterocycles. The van der Waals surface area contributed by atoms with Crippen molar-refractivity contribution >= 4 is 5.91 Å². The molecule has 2 aromatic rings. The number of amides is 1. The Balaban J connectivity index is 1.86. The highest BCUT2D eigenvalue weighted by Gasteiger charge is 2.04. The molecule has 20 heavy (non-hydrogen) atoms. The van der Waals surface area contributed by atoms with Crippen LogP contribution in [0, 0.1) is 0 Å². The lowest BCUT2D eigenvalue weighted by molar-refractivity contribution is -0.120. The summed E-state index contributed by atoms with van der Waals surface area (Å²) in [6.45, 7) is 2.53. The van der Waals surface area contributed by atoms with Crippen LogP contribution in [0.4, 0.5) is 0 Å². The Morgan fingerprint density at radius 2 is 2.15 bits per heavy atom. The summed E-state index contributed by atoms with van der Waals surface area (Å²) in [5.74, 6) is 0.000762. The second-order valence-electron chi connectivity index (χ2n) is 4.71. The first-order chi connectivity index (χ1) is 9.65. The van der Waals surface area contributed by atoms with Crippen molar-refractivity contribution in [2.24, 2.45) is 5.73 Å². The number of hydrogen-bond acceptors (Lipinski definition) is 5. The van der Waals surface area contributed by atoms with Crippen molar-refractivity contribution in [2.75, 3.05) is 6.54 Å². The van der Waals surface area contributed by atoms with Crippen molar-refractivity contribution < 1.29 is 4.79 Å². The summed E-state index contributed by atoms with van der Waals surface area (Å²) in [6, 6.07) is 7.64. The lowest BCUT2D eigenvalue weighted by Gasteiger charge is -2.07. The van der Waals surface area contributed by atoms with Crippen molar-refractivity contribution in [2.45, 2.75) is 25.8 Å². The van der Waals surface area contributed by atoms with Crippen LogP contribution in [0.5, 0.6) is 0 Å². The maximum atomic E-state index is 11.7. The molecule has 0 aliphatic heterocycles. The van der Waals surface area contributed by atoms with Crippen LogP contribution >= 0.6 is 0 Å². The Bertz CT molecular complexity index is 534. The molecule has 0 spiro atoms. The number of nitrogens with one attached hydrogen (secondary N) is 1. The Labute approximate surface area is 117 Å². The van der Waals surface area contributed by atoms with Crippen LogP contribution in [0.25, 0.3) is 5.69 Å². The fourth-order valence-corrected chi connectivity index (χ4v) is 1.73. The summed E-state index contributed by atoms with van der Waals surface area (Å²) in [5.41, 5.74) is 7.43.